The molecular formula is C58H76N9O15PS2. The van der Waals surface area contributed by atoms with Gasteiger partial charge in [-0.2, -0.15) is 18.0 Å². The van der Waals surface area contributed by atoms with E-state index >= 15 is 0 Å². The predicted molar refractivity (Wildman–Crippen MR) is 321 cm³/mol. The van der Waals surface area contributed by atoms with E-state index < -0.39 is 69.3 Å². The predicted octanol–water partition coefficient (Wildman–Crippen LogP) is 7.51. The first-order valence-electron chi connectivity index (χ1n) is 28.5. The lowest BCUT2D eigenvalue weighted by molar-refractivity contribution is -0.437. The molecule has 85 heavy (non-hydrogen) atoms. The van der Waals surface area contributed by atoms with E-state index in [1.807, 2.05) is 41.9 Å². The van der Waals surface area contributed by atoms with Crippen molar-refractivity contribution in [2.24, 2.45) is 5.41 Å². The number of hydrogen-bond donors (Lipinski definition) is 7. The Kier molecular flexibility index (Phi) is 18.2. The number of aromatic amines is 1. The molecule has 8 N–H and O–H groups in total. The number of aliphatic hydroxyl groups excluding tert-OH is 1. The number of aromatic nitrogens is 4. The number of rotatable bonds is 22. The van der Waals surface area contributed by atoms with Crippen LogP contribution in [0.3, 0.4) is 0 Å². The van der Waals surface area contributed by atoms with Gasteiger partial charge in [0.2, 0.25) is 23.5 Å². The highest BCUT2D eigenvalue weighted by Crippen LogP contribution is 2.53. The van der Waals surface area contributed by atoms with Crippen molar-refractivity contribution in [3.05, 3.63) is 106 Å². The van der Waals surface area contributed by atoms with Crippen LogP contribution in [0.5, 0.6) is 5.75 Å². The Morgan fingerprint density at radius 2 is 1.76 bits per heavy atom. The van der Waals surface area contributed by atoms with Crippen LogP contribution in [0.15, 0.2) is 88.3 Å². The van der Waals surface area contributed by atoms with Gasteiger partial charge in [-0.05, 0) is 95.7 Å². The number of ether oxygens (including phenoxy) is 2. The highest BCUT2D eigenvalue weighted by atomic mass is 32.2. The number of nitrogens with one attached hydrogen (secondary N) is 3. The summed E-state index contributed by atoms with van der Waals surface area (Å²) in [5.74, 6) is 0.674. The van der Waals surface area contributed by atoms with Crippen molar-refractivity contribution in [1.82, 2.24) is 24.8 Å². The Hall–Kier alpha value is -6.32. The summed E-state index contributed by atoms with van der Waals surface area (Å²) in [5, 5.41) is 17.4. The minimum atomic E-state index is -4.65. The van der Waals surface area contributed by atoms with Crippen LogP contribution in [0.1, 0.15) is 130 Å². The van der Waals surface area contributed by atoms with Crippen molar-refractivity contribution in [3.8, 4) is 5.75 Å². The van der Waals surface area contributed by atoms with Gasteiger partial charge in [0.15, 0.2) is 23.1 Å². The number of fused-ring (bicyclic) bond motifs is 5. The number of phosphoric ester groups is 1. The second-order valence-corrected chi connectivity index (χ2v) is 28.2. The highest BCUT2D eigenvalue weighted by Gasteiger charge is 2.53. The molecule has 2 unspecified atom stereocenters. The second-order valence-electron chi connectivity index (χ2n) is 23.8. The highest BCUT2D eigenvalue weighted by molar-refractivity contribution is 7.86. The molecule has 4 aromatic rings. The number of aliphatic hydroxyl groups is 1. The molecule has 5 aliphatic heterocycles. The average molecular weight is 1230 g/mol. The molecule has 24 nitrogen and oxygen atoms in total. The standard InChI is InChI=1S/C58H76N9O15PS2/c1-9-66-42-32-43-39(31-38(42)35(2)33-57(66,6)7)36(29-46(80-43)56(3,4)5)19-13-12-14-20-45-58(8,40-30-37(85(76,77)78)22-23-41(40)65(45)27-18-28-84(73,74)75)24-17-21-47(68)60-25-15-10-11-16-26-61-55-62-48-51(63-54(59)64-52(48)70)67(55)53-49(69)50-44(81-53)34-79-83(71,72)82-50/h12-14,19-20,22-23,29-33,44,49-50,53,69H,9-11,15-18,21,24-28,34H2,1-8H3,(H7-,59,60,61,62,63,64,68,70,71,72,73,74,75,76,77,78)/t44-,49-,50-,53-,58?/m1/s1. The molecule has 2 aromatic heterocycles. The van der Waals surface area contributed by atoms with Gasteiger partial charge in [-0.15, -0.1) is 0 Å². The monoisotopic (exact) mass is 1230 g/mol. The maximum Gasteiger partial charge on any atom is 0.472 e. The number of carbonyl (C=O) groups excluding carboxylic acids is 1. The van der Waals surface area contributed by atoms with E-state index in [4.69, 9.17) is 24.3 Å². The summed E-state index contributed by atoms with van der Waals surface area (Å²) in [6, 6.07) is 8.57. The lowest BCUT2D eigenvalue weighted by atomic mass is 9.75. The second kappa shape index (κ2) is 24.4. The molecule has 0 saturated carbocycles. The van der Waals surface area contributed by atoms with Crippen LogP contribution in [0.4, 0.5) is 23.3 Å². The minimum absolute atomic E-state index is 0.00920. The molecule has 460 valence electrons. The molecule has 2 saturated heterocycles. The van der Waals surface area contributed by atoms with E-state index in [1.165, 1.54) is 22.3 Å². The van der Waals surface area contributed by atoms with Crippen molar-refractivity contribution in [2.45, 2.75) is 147 Å². The molecule has 1 amide bonds. The molecule has 5 aliphatic rings. The van der Waals surface area contributed by atoms with Crippen molar-refractivity contribution in [1.29, 1.82) is 0 Å². The van der Waals surface area contributed by atoms with E-state index in [9.17, 15) is 50.1 Å². The van der Waals surface area contributed by atoms with Gasteiger partial charge >= 0.3 is 7.82 Å². The number of nitrogens with two attached hydrogens (primary N) is 1. The normalized spacial score (nSPS) is 24.4. The van der Waals surface area contributed by atoms with Gasteiger partial charge in [0, 0.05) is 84.2 Å². The zero-order valence-electron chi connectivity index (χ0n) is 49.0. The van der Waals surface area contributed by atoms with Crippen LogP contribution in [-0.4, -0.2) is 134 Å². The van der Waals surface area contributed by atoms with Crippen molar-refractivity contribution >= 4 is 85.3 Å². The number of likely N-dealkylation sites (N-methyl/N-ethyl adjacent to an activating group) is 1. The number of hydrogen-bond acceptors (Lipinski definition) is 18. The third kappa shape index (κ3) is 13.8. The number of nitrogen functional groups attached to an aromatic ring is 1. The topological polar surface area (TPSA) is 343 Å². The molecular weight excluding hydrogens is 1160 g/mol. The Morgan fingerprint density at radius 1 is 1.02 bits per heavy atom. The molecule has 9 rings (SSSR count). The molecule has 6 atom stereocenters. The first kappa shape index (κ1) is 63.2. The number of amides is 1. The third-order valence-corrected chi connectivity index (χ3v) is 18.7. The summed E-state index contributed by atoms with van der Waals surface area (Å²) in [6.45, 7) is 18.2. The fourth-order valence-corrected chi connectivity index (χ4v) is 13.9. The molecule has 27 heteroatoms. The van der Waals surface area contributed by atoms with Crippen LogP contribution in [0.25, 0.3) is 22.3 Å². The molecule has 0 radical (unpaired) electrons. The lowest BCUT2D eigenvalue weighted by Crippen LogP contribution is -2.45. The number of carbonyl (C=O) groups is 1. The van der Waals surface area contributed by atoms with Crippen molar-refractivity contribution < 1.29 is 68.4 Å². The number of phosphoric acid groups is 1. The fraction of sp³-hybridized carbons (Fsp3) is 0.500. The maximum atomic E-state index is 13.4. The molecule has 0 spiro atoms. The number of H-pyrrole nitrogens is 1. The van der Waals surface area contributed by atoms with E-state index in [2.05, 4.69) is 103 Å². The van der Waals surface area contributed by atoms with Crippen LogP contribution in [-0.2, 0) is 48.8 Å². The van der Waals surface area contributed by atoms with Gasteiger partial charge in [-0.3, -0.25) is 32.7 Å². The van der Waals surface area contributed by atoms with Crippen LogP contribution >= 0.6 is 7.82 Å². The Morgan fingerprint density at radius 3 is 2.47 bits per heavy atom. The van der Waals surface area contributed by atoms with E-state index in [1.54, 1.807) is 6.07 Å². The maximum absolute atomic E-state index is 13.4. The Balaban J connectivity index is 0.862. The molecule has 2 aromatic carbocycles. The summed E-state index contributed by atoms with van der Waals surface area (Å²) in [4.78, 5) is 49.2. The summed E-state index contributed by atoms with van der Waals surface area (Å²) in [7, 11) is -13.6. The number of allylic oxidation sites excluding steroid dienone is 9. The number of anilines is 3. The zero-order chi connectivity index (χ0) is 61.6. The lowest BCUT2D eigenvalue weighted by Gasteiger charge is -2.43. The van der Waals surface area contributed by atoms with Crippen molar-refractivity contribution in [2.75, 3.05) is 54.5 Å². The number of benzene rings is 2. The summed E-state index contributed by atoms with van der Waals surface area (Å²) in [5.41, 5.74) is 10.8. The molecule has 0 aliphatic carbocycles. The summed E-state index contributed by atoms with van der Waals surface area (Å²) < 4.78 is 109. The average Bonchev–Trinajstić information content (AvgIpc) is 1.95. The van der Waals surface area contributed by atoms with Gasteiger partial charge < -0.3 is 45.3 Å². The number of unbranched alkanes of at least 4 members (excludes halogenated alkanes) is 3. The van der Waals surface area contributed by atoms with Gasteiger partial charge in [0.05, 0.1) is 32.6 Å². The van der Waals surface area contributed by atoms with Gasteiger partial charge in [-0.25, -0.2) is 18.0 Å². The van der Waals surface area contributed by atoms with Crippen LogP contribution < -0.4 is 31.6 Å². The summed E-state index contributed by atoms with van der Waals surface area (Å²) >= 11 is 0. The van der Waals surface area contributed by atoms with Crippen LogP contribution in [0.2, 0.25) is 0 Å². The minimum Gasteiger partial charge on any atom is -0.748 e. The van der Waals surface area contributed by atoms with E-state index in [0.29, 0.717) is 55.7 Å². The molecule has 0 bridgehead atoms. The first-order chi connectivity index (χ1) is 39.9. The molecule has 7 heterocycles. The van der Waals surface area contributed by atoms with Crippen molar-refractivity contribution in [3.63, 3.8) is 0 Å². The van der Waals surface area contributed by atoms with Gasteiger partial charge in [-0.1, -0.05) is 64.0 Å². The summed E-state index contributed by atoms with van der Waals surface area (Å²) in [6.07, 6.45) is 12.6. The van der Waals surface area contributed by atoms with Gasteiger partial charge in [0.1, 0.15) is 36.4 Å². The quantitative estimate of drug-likeness (QED) is 0.0131. The largest absolute Gasteiger partial charge is 0.748 e. The number of imidazole rings is 1. The van der Waals surface area contributed by atoms with E-state index in [-0.39, 0.29) is 70.8 Å². The SMILES string of the molecule is CCN1c2cc3c(cc2C(C)=CC1(C)C)C(=CC=CC=CC1=[N+](CCCS(=O)(=O)[O-])c2ccc(S(=O)(=O)O)cc2C1(C)CCCC(=O)NCCCCCCNc1nc2c(=O)[nH]c(N)nc2n1[C@@H]1O[C@@H]2COP(=O)(O)O[C@H]2[C@H]1O)C=C(C(C)(C)C)O3. The van der Waals surface area contributed by atoms with Gasteiger partial charge in [0.25, 0.3) is 15.7 Å². The third-order valence-electron chi connectivity index (χ3n) is 16.1. The Bertz CT molecular complexity index is 3820. The fourth-order valence-electron chi connectivity index (χ4n) is 12.0. The Labute approximate surface area is 494 Å². The molecule has 2 fully saturated rings. The first-order valence-corrected chi connectivity index (χ1v) is 33.0. The zero-order valence-corrected chi connectivity index (χ0v) is 51.5. The van der Waals surface area contributed by atoms with E-state index in [0.717, 1.165) is 53.3 Å². The van der Waals surface area contributed by atoms with Crippen LogP contribution in [0, 0.1) is 5.41 Å². The smallest absolute Gasteiger partial charge is 0.472 e. The number of nitrogens with zero attached hydrogens (tertiary/aromatic N) is 5.